The molecule has 0 radical (unpaired) electrons. The monoisotopic (exact) mass is 276 g/mol. The minimum absolute atomic E-state index is 0.00831. The Morgan fingerprint density at radius 3 is 2.90 bits per heavy atom. The summed E-state index contributed by atoms with van der Waals surface area (Å²) in [5.41, 5.74) is 6.83. The predicted octanol–water partition coefficient (Wildman–Crippen LogP) is 1.49. The predicted molar refractivity (Wildman–Crippen MR) is 77.5 cm³/mol. The second kappa shape index (κ2) is 5.87. The molecular weight excluding hydrogens is 252 g/mol. The van der Waals surface area contributed by atoms with Crippen LogP contribution < -0.4 is 11.1 Å². The number of amides is 1. The number of nitrogens with one attached hydrogen (secondary N) is 1. The molecule has 1 aliphatic rings. The molecule has 3 unspecified atom stereocenters. The quantitative estimate of drug-likeness (QED) is 0.876. The van der Waals surface area contributed by atoms with Gasteiger partial charge >= 0.3 is 0 Å². The van der Waals surface area contributed by atoms with E-state index in [1.807, 2.05) is 12.1 Å². The molecule has 1 aromatic heterocycles. The molecule has 0 aromatic carbocycles. The molecule has 2 rings (SSSR count). The van der Waals surface area contributed by atoms with Gasteiger partial charge in [0.1, 0.15) is 0 Å². The number of nitrogens with two attached hydrogens (primary N) is 1. The Morgan fingerprint density at radius 1 is 1.50 bits per heavy atom. The number of nitrogens with zero attached hydrogens (tertiary/aromatic N) is 2. The molecule has 1 heterocycles. The summed E-state index contributed by atoms with van der Waals surface area (Å²) in [6.07, 6.45) is 3.39. The minimum atomic E-state index is -0.0792. The first-order chi connectivity index (χ1) is 9.43. The van der Waals surface area contributed by atoms with Crippen LogP contribution in [0.25, 0.3) is 0 Å². The average molecular weight is 276 g/mol. The first-order valence-corrected chi connectivity index (χ1v) is 7.22. The smallest absolute Gasteiger partial charge is 0.223 e. The Kier molecular flexibility index (Phi) is 4.38. The Hall–Kier alpha value is -1.49. The molecule has 1 aliphatic carbocycles. The molecule has 20 heavy (non-hydrogen) atoms. The molecule has 0 aliphatic heterocycles. The van der Waals surface area contributed by atoms with Crippen molar-refractivity contribution in [2.75, 3.05) is 0 Å². The highest BCUT2D eigenvalue weighted by atomic mass is 16.1. The van der Waals surface area contributed by atoms with Crippen molar-refractivity contribution >= 4 is 5.91 Å². The summed E-state index contributed by atoms with van der Waals surface area (Å²) in [6.45, 7) is 6.86. The number of rotatable bonds is 3. The highest BCUT2D eigenvalue weighted by Crippen LogP contribution is 2.44. The van der Waals surface area contributed by atoms with Crippen LogP contribution in [0.1, 0.15) is 39.3 Å². The van der Waals surface area contributed by atoms with Gasteiger partial charge in [0.15, 0.2) is 0 Å². The summed E-state index contributed by atoms with van der Waals surface area (Å²) >= 11 is 0. The van der Waals surface area contributed by atoms with Crippen LogP contribution in [-0.2, 0) is 11.3 Å². The average Bonchev–Trinajstić information content (AvgIpc) is 2.43. The molecule has 1 aromatic rings. The maximum absolute atomic E-state index is 12.4. The normalized spacial score (nSPS) is 28.9. The van der Waals surface area contributed by atoms with Crippen molar-refractivity contribution in [1.82, 2.24) is 15.5 Å². The van der Waals surface area contributed by atoms with Crippen molar-refractivity contribution in [2.24, 2.45) is 23.0 Å². The van der Waals surface area contributed by atoms with Gasteiger partial charge < -0.3 is 11.1 Å². The molecule has 0 saturated heterocycles. The van der Waals surface area contributed by atoms with E-state index in [0.717, 1.165) is 18.5 Å². The lowest BCUT2D eigenvalue weighted by atomic mass is 9.61. The van der Waals surface area contributed by atoms with Crippen LogP contribution in [0.2, 0.25) is 0 Å². The lowest BCUT2D eigenvalue weighted by Crippen LogP contribution is -2.51. The van der Waals surface area contributed by atoms with Gasteiger partial charge in [-0.3, -0.25) is 4.79 Å². The zero-order valence-electron chi connectivity index (χ0n) is 12.5. The third kappa shape index (κ3) is 2.98. The Balaban J connectivity index is 1.98. The van der Waals surface area contributed by atoms with Gasteiger partial charge in [0.25, 0.3) is 0 Å². The zero-order chi connectivity index (χ0) is 14.8. The van der Waals surface area contributed by atoms with Crippen LogP contribution in [-0.4, -0.2) is 22.1 Å². The summed E-state index contributed by atoms with van der Waals surface area (Å²) in [5.74, 6) is 0.442. The van der Waals surface area contributed by atoms with Crippen molar-refractivity contribution in [3.63, 3.8) is 0 Å². The first-order valence-electron chi connectivity index (χ1n) is 7.22. The Labute approximate surface area is 120 Å². The first kappa shape index (κ1) is 14.9. The van der Waals surface area contributed by atoms with Crippen LogP contribution in [0, 0.1) is 17.3 Å². The zero-order valence-corrected chi connectivity index (χ0v) is 12.5. The van der Waals surface area contributed by atoms with Crippen molar-refractivity contribution in [3.05, 3.63) is 24.0 Å². The van der Waals surface area contributed by atoms with E-state index in [1.54, 1.807) is 6.20 Å². The molecule has 5 nitrogen and oxygen atoms in total. The molecule has 5 heteroatoms. The van der Waals surface area contributed by atoms with Gasteiger partial charge in [-0.15, -0.1) is 0 Å². The van der Waals surface area contributed by atoms with E-state index in [9.17, 15) is 4.79 Å². The van der Waals surface area contributed by atoms with E-state index >= 15 is 0 Å². The van der Waals surface area contributed by atoms with Gasteiger partial charge in [-0.1, -0.05) is 20.8 Å². The number of hydrogen-bond acceptors (Lipinski definition) is 4. The van der Waals surface area contributed by atoms with E-state index in [2.05, 4.69) is 36.3 Å². The van der Waals surface area contributed by atoms with Crippen LogP contribution in [0.15, 0.2) is 18.3 Å². The maximum Gasteiger partial charge on any atom is 0.223 e. The van der Waals surface area contributed by atoms with Crippen LogP contribution in [0.5, 0.6) is 0 Å². The lowest BCUT2D eigenvalue weighted by molar-refractivity contribution is -0.132. The molecule has 0 bridgehead atoms. The summed E-state index contributed by atoms with van der Waals surface area (Å²) < 4.78 is 0. The second-order valence-corrected chi connectivity index (χ2v) is 6.34. The van der Waals surface area contributed by atoms with E-state index in [4.69, 9.17) is 5.73 Å². The number of carbonyl (C=O) groups is 1. The van der Waals surface area contributed by atoms with Crippen LogP contribution in [0.4, 0.5) is 0 Å². The van der Waals surface area contributed by atoms with Crippen LogP contribution in [0.3, 0.4) is 0 Å². The highest BCUT2D eigenvalue weighted by Gasteiger charge is 2.44. The fraction of sp³-hybridized carbons (Fsp3) is 0.667. The molecule has 0 spiro atoms. The Bertz CT molecular complexity index is 460. The minimum Gasteiger partial charge on any atom is -0.350 e. The van der Waals surface area contributed by atoms with Gasteiger partial charge in [-0.25, -0.2) is 0 Å². The summed E-state index contributed by atoms with van der Waals surface area (Å²) in [6, 6.07) is 3.87. The molecule has 1 amide bonds. The SMILES string of the molecule is CC1C(N)CCC(C(=O)NCc2cccnn2)C1(C)C. The third-order valence-electron chi connectivity index (χ3n) is 4.89. The molecular formula is C15H24N4O. The van der Waals surface area contributed by atoms with Gasteiger partial charge in [-0.05, 0) is 36.3 Å². The van der Waals surface area contributed by atoms with E-state index in [1.165, 1.54) is 0 Å². The number of hydrogen-bond donors (Lipinski definition) is 2. The standard InChI is InChI=1S/C15H24N4O/c1-10-13(16)7-6-12(15(10,2)3)14(20)17-9-11-5-4-8-18-19-11/h4-5,8,10,12-13H,6-7,9,16H2,1-3H3,(H,17,20). The second-order valence-electron chi connectivity index (χ2n) is 6.34. The van der Waals surface area contributed by atoms with Gasteiger partial charge in [0.2, 0.25) is 5.91 Å². The fourth-order valence-electron chi connectivity index (χ4n) is 3.05. The lowest BCUT2D eigenvalue weighted by Gasteiger charge is -2.46. The van der Waals surface area contributed by atoms with E-state index in [-0.39, 0.29) is 23.3 Å². The van der Waals surface area contributed by atoms with Gasteiger partial charge in [-0.2, -0.15) is 10.2 Å². The largest absolute Gasteiger partial charge is 0.350 e. The number of aromatic nitrogens is 2. The van der Waals surface area contributed by atoms with Crippen molar-refractivity contribution < 1.29 is 4.79 Å². The van der Waals surface area contributed by atoms with E-state index in [0.29, 0.717) is 12.5 Å². The molecule has 110 valence electrons. The number of carbonyl (C=O) groups excluding carboxylic acids is 1. The highest BCUT2D eigenvalue weighted by molar-refractivity contribution is 5.79. The summed E-state index contributed by atoms with van der Waals surface area (Å²) in [7, 11) is 0. The Morgan fingerprint density at radius 2 is 2.25 bits per heavy atom. The fourth-order valence-corrected chi connectivity index (χ4v) is 3.05. The third-order valence-corrected chi connectivity index (χ3v) is 4.89. The van der Waals surface area contributed by atoms with Crippen molar-refractivity contribution in [2.45, 2.75) is 46.2 Å². The topological polar surface area (TPSA) is 80.9 Å². The maximum atomic E-state index is 12.4. The summed E-state index contributed by atoms with van der Waals surface area (Å²) in [5, 5.41) is 10.8. The van der Waals surface area contributed by atoms with Crippen molar-refractivity contribution in [1.29, 1.82) is 0 Å². The molecule has 3 N–H and O–H groups in total. The van der Waals surface area contributed by atoms with Crippen LogP contribution >= 0.6 is 0 Å². The van der Waals surface area contributed by atoms with E-state index < -0.39 is 0 Å². The van der Waals surface area contributed by atoms with Crippen molar-refractivity contribution in [3.8, 4) is 0 Å². The summed E-state index contributed by atoms with van der Waals surface area (Å²) in [4.78, 5) is 12.4. The molecule has 1 saturated carbocycles. The molecule has 1 fully saturated rings. The van der Waals surface area contributed by atoms with Gasteiger partial charge in [0, 0.05) is 18.2 Å². The van der Waals surface area contributed by atoms with Gasteiger partial charge in [0.05, 0.1) is 12.2 Å². The molecule has 3 atom stereocenters.